The average molecular weight is 273 g/mol. The number of carboxylic acid groups (broad SMARTS) is 1. The third-order valence-electron chi connectivity index (χ3n) is 3.52. The molecule has 3 aromatic rings. The lowest BCUT2D eigenvalue weighted by Crippen LogP contribution is -1.95. The Morgan fingerprint density at radius 1 is 1.40 bits per heavy atom. The van der Waals surface area contributed by atoms with Gasteiger partial charge in [-0.15, -0.1) is 0 Å². The highest BCUT2D eigenvalue weighted by molar-refractivity contribution is 5.98. The van der Waals surface area contributed by atoms with Gasteiger partial charge in [-0.05, 0) is 31.2 Å². The van der Waals surface area contributed by atoms with Gasteiger partial charge < -0.3 is 9.67 Å². The predicted octanol–water partition coefficient (Wildman–Crippen LogP) is 2.71. The fourth-order valence-corrected chi connectivity index (χ4v) is 2.43. The molecule has 5 nitrogen and oxygen atoms in total. The number of hydrogen-bond acceptors (Lipinski definition) is 2. The Bertz CT molecular complexity index is 832. The summed E-state index contributed by atoms with van der Waals surface area (Å²) in [7, 11) is 1.88. The lowest BCUT2D eigenvalue weighted by atomic mass is 10.1. The van der Waals surface area contributed by atoms with Crippen LogP contribution >= 0.6 is 0 Å². The van der Waals surface area contributed by atoms with Gasteiger partial charge in [-0.25, -0.2) is 9.18 Å². The first-order valence-electron chi connectivity index (χ1n) is 6.02. The largest absolute Gasteiger partial charge is 0.477 e. The number of aromatic carboxylic acids is 1. The first-order chi connectivity index (χ1) is 9.49. The second-order valence-corrected chi connectivity index (χ2v) is 4.65. The molecule has 0 radical (unpaired) electrons. The van der Waals surface area contributed by atoms with Gasteiger partial charge in [-0.2, -0.15) is 5.10 Å². The lowest BCUT2D eigenvalue weighted by molar-refractivity contribution is 0.0690. The summed E-state index contributed by atoms with van der Waals surface area (Å²) in [6.45, 7) is 1.89. The van der Waals surface area contributed by atoms with Crippen molar-refractivity contribution < 1.29 is 14.3 Å². The second-order valence-electron chi connectivity index (χ2n) is 4.65. The summed E-state index contributed by atoms with van der Waals surface area (Å²) < 4.78 is 15.4. The zero-order valence-electron chi connectivity index (χ0n) is 10.9. The summed E-state index contributed by atoms with van der Waals surface area (Å²) in [5.41, 5.74) is 3.02. The molecule has 0 atom stereocenters. The van der Waals surface area contributed by atoms with Gasteiger partial charge in [0.25, 0.3) is 0 Å². The van der Waals surface area contributed by atoms with E-state index in [-0.39, 0.29) is 11.5 Å². The van der Waals surface area contributed by atoms with E-state index in [4.69, 9.17) is 5.11 Å². The molecule has 0 aliphatic rings. The van der Waals surface area contributed by atoms with Crippen molar-refractivity contribution in [2.45, 2.75) is 6.92 Å². The van der Waals surface area contributed by atoms with Crippen LogP contribution in [-0.4, -0.2) is 25.8 Å². The van der Waals surface area contributed by atoms with Crippen molar-refractivity contribution in [1.29, 1.82) is 0 Å². The maximum atomic E-state index is 13.5. The smallest absolute Gasteiger partial charge is 0.353 e. The number of rotatable bonds is 2. The van der Waals surface area contributed by atoms with Crippen LogP contribution < -0.4 is 0 Å². The Hall–Kier alpha value is -2.63. The van der Waals surface area contributed by atoms with Crippen molar-refractivity contribution in [2.75, 3.05) is 0 Å². The molecule has 2 N–H and O–H groups in total. The van der Waals surface area contributed by atoms with E-state index in [9.17, 15) is 9.18 Å². The average Bonchev–Trinajstić information content (AvgIpc) is 2.95. The van der Waals surface area contributed by atoms with Gasteiger partial charge in [0.15, 0.2) is 0 Å². The molecule has 0 amide bonds. The maximum Gasteiger partial charge on any atom is 0.353 e. The number of fused-ring (bicyclic) bond motifs is 1. The van der Waals surface area contributed by atoms with E-state index in [2.05, 4.69) is 10.2 Å². The summed E-state index contributed by atoms with van der Waals surface area (Å²) in [6, 6.07) is 5.99. The van der Waals surface area contributed by atoms with Crippen molar-refractivity contribution >= 4 is 16.9 Å². The highest BCUT2D eigenvalue weighted by Crippen LogP contribution is 2.33. The normalized spacial score (nSPS) is 11.2. The lowest BCUT2D eigenvalue weighted by Gasteiger charge is -1.98. The third-order valence-corrected chi connectivity index (χ3v) is 3.52. The number of carbonyl (C=O) groups is 1. The van der Waals surface area contributed by atoms with Crippen LogP contribution in [0.2, 0.25) is 0 Å². The molecule has 0 bridgehead atoms. The van der Waals surface area contributed by atoms with E-state index in [0.29, 0.717) is 11.1 Å². The van der Waals surface area contributed by atoms with Crippen LogP contribution in [0.15, 0.2) is 24.3 Å². The molecule has 6 heteroatoms. The van der Waals surface area contributed by atoms with E-state index in [0.717, 1.165) is 16.8 Å². The quantitative estimate of drug-likeness (QED) is 0.754. The standard InChI is InChI=1S/C14H12FN3O2/c1-7-13(10-6-11(14(19)20)17-16-10)9-5-8(15)3-4-12(9)18(7)2/h3-6H,1-2H3,(H,16,17)(H,19,20). The monoisotopic (exact) mass is 273 g/mol. The minimum absolute atomic E-state index is 0.00723. The molecule has 2 heterocycles. The number of carboxylic acids is 1. The summed E-state index contributed by atoms with van der Waals surface area (Å²) in [6.07, 6.45) is 0. The highest BCUT2D eigenvalue weighted by atomic mass is 19.1. The third kappa shape index (κ3) is 1.69. The minimum atomic E-state index is -1.08. The van der Waals surface area contributed by atoms with Crippen LogP contribution in [0.4, 0.5) is 4.39 Å². The number of aromatic amines is 1. The van der Waals surface area contributed by atoms with Crippen molar-refractivity contribution in [3.63, 3.8) is 0 Å². The molecule has 0 unspecified atom stereocenters. The number of benzene rings is 1. The number of nitrogens with zero attached hydrogens (tertiary/aromatic N) is 2. The molecular formula is C14H12FN3O2. The predicted molar refractivity (Wildman–Crippen MR) is 72.2 cm³/mol. The van der Waals surface area contributed by atoms with Crippen LogP contribution in [0.1, 0.15) is 16.2 Å². The summed E-state index contributed by atoms with van der Waals surface area (Å²) >= 11 is 0. The number of aryl methyl sites for hydroxylation is 1. The first-order valence-corrected chi connectivity index (χ1v) is 6.02. The Labute approximate surface area is 113 Å². The van der Waals surface area contributed by atoms with E-state index in [1.165, 1.54) is 18.2 Å². The minimum Gasteiger partial charge on any atom is -0.477 e. The fraction of sp³-hybridized carbons (Fsp3) is 0.143. The Kier molecular flexibility index (Phi) is 2.60. The van der Waals surface area contributed by atoms with Crippen LogP contribution in [0.25, 0.3) is 22.2 Å². The van der Waals surface area contributed by atoms with Gasteiger partial charge in [0, 0.05) is 29.2 Å². The van der Waals surface area contributed by atoms with Crippen LogP contribution in [-0.2, 0) is 7.05 Å². The van der Waals surface area contributed by atoms with Crippen LogP contribution in [0.5, 0.6) is 0 Å². The van der Waals surface area contributed by atoms with Gasteiger partial charge in [0.2, 0.25) is 0 Å². The zero-order chi connectivity index (χ0) is 14.4. The molecular weight excluding hydrogens is 261 g/mol. The number of halogens is 1. The maximum absolute atomic E-state index is 13.5. The fourth-order valence-electron chi connectivity index (χ4n) is 2.43. The summed E-state index contributed by atoms with van der Waals surface area (Å²) in [4.78, 5) is 10.9. The van der Waals surface area contributed by atoms with Crippen LogP contribution in [0.3, 0.4) is 0 Å². The molecule has 2 aromatic heterocycles. The van der Waals surface area contributed by atoms with Crippen molar-refractivity contribution in [3.05, 3.63) is 41.5 Å². The Balaban J connectivity index is 2.31. The number of aromatic nitrogens is 3. The molecule has 3 rings (SSSR count). The van der Waals surface area contributed by atoms with Crippen molar-refractivity contribution in [1.82, 2.24) is 14.8 Å². The zero-order valence-corrected chi connectivity index (χ0v) is 10.9. The molecule has 0 aliphatic heterocycles. The number of H-pyrrole nitrogens is 1. The topological polar surface area (TPSA) is 70.9 Å². The molecule has 0 saturated heterocycles. The number of hydrogen-bond donors (Lipinski definition) is 2. The molecule has 102 valence electrons. The first kappa shape index (κ1) is 12.4. The van der Waals surface area contributed by atoms with Gasteiger partial charge in [0.1, 0.15) is 11.5 Å². The van der Waals surface area contributed by atoms with Crippen LogP contribution in [0, 0.1) is 12.7 Å². The van der Waals surface area contributed by atoms with Gasteiger partial charge in [-0.3, -0.25) is 5.10 Å². The number of nitrogens with one attached hydrogen (secondary N) is 1. The highest BCUT2D eigenvalue weighted by Gasteiger charge is 2.18. The van der Waals surface area contributed by atoms with Crippen molar-refractivity contribution in [3.8, 4) is 11.3 Å². The Morgan fingerprint density at radius 3 is 2.80 bits per heavy atom. The Morgan fingerprint density at radius 2 is 2.15 bits per heavy atom. The molecule has 0 spiro atoms. The van der Waals surface area contributed by atoms with Gasteiger partial charge >= 0.3 is 5.97 Å². The molecule has 0 fully saturated rings. The van der Waals surface area contributed by atoms with Crippen molar-refractivity contribution in [2.24, 2.45) is 7.05 Å². The van der Waals surface area contributed by atoms with E-state index in [1.807, 2.05) is 18.5 Å². The van der Waals surface area contributed by atoms with E-state index < -0.39 is 5.97 Å². The molecule has 20 heavy (non-hydrogen) atoms. The molecule has 1 aromatic carbocycles. The van der Waals surface area contributed by atoms with E-state index in [1.54, 1.807) is 6.07 Å². The van der Waals surface area contributed by atoms with E-state index >= 15 is 0 Å². The van der Waals surface area contributed by atoms with Gasteiger partial charge in [-0.1, -0.05) is 0 Å². The summed E-state index contributed by atoms with van der Waals surface area (Å²) in [5.74, 6) is -1.41. The second kappa shape index (κ2) is 4.19. The summed E-state index contributed by atoms with van der Waals surface area (Å²) in [5, 5.41) is 16.1. The molecule has 0 aliphatic carbocycles. The SMILES string of the molecule is Cc1c(-c2cc(C(=O)O)[nH]n2)c2cc(F)ccc2n1C. The van der Waals surface area contributed by atoms with Gasteiger partial charge in [0.05, 0.1) is 5.69 Å². The molecule has 0 saturated carbocycles.